The molecule has 0 heterocycles. The molecule has 2 unspecified atom stereocenters. The topological polar surface area (TPSA) is 111 Å². The Labute approximate surface area is 503 Å². The molecule has 476 valence electrons. The maximum atomic E-state index is 12.8. The molecule has 2 atom stereocenters. The second kappa shape index (κ2) is 62.5. The number of nitrogens with zero attached hydrogens (tertiary/aromatic N) is 1. The number of hydrogen-bond acceptors (Lipinski definition) is 8. The molecule has 0 rings (SSSR count). The Kier molecular flexibility index (Phi) is 60.9. The van der Waals surface area contributed by atoms with Gasteiger partial charge >= 0.3 is 11.9 Å². The SMILES string of the molecule is CC/C=C\C/C=C\C/C=C\C/C=C\CCCCCCCCCCCCC(=O)OC(COC(=O)CCCCCCCCCCCCCCCCCCCCCCCCCCCCCCCCCCCC)COP(=O)([O-])OCC[N+](C)(C)C. The first kappa shape index (κ1) is 79.0. The quantitative estimate of drug-likeness (QED) is 0.0195. The summed E-state index contributed by atoms with van der Waals surface area (Å²) in [7, 11) is 1.17. The molecule has 0 fully saturated rings. The van der Waals surface area contributed by atoms with E-state index in [-0.39, 0.29) is 32.0 Å². The molecule has 0 radical (unpaired) electrons. The van der Waals surface area contributed by atoms with Gasteiger partial charge in [0.1, 0.15) is 19.8 Å². The lowest BCUT2D eigenvalue weighted by atomic mass is 10.0. The van der Waals surface area contributed by atoms with E-state index in [9.17, 15) is 19.0 Å². The number of carbonyl (C=O) groups excluding carboxylic acids is 2. The van der Waals surface area contributed by atoms with Gasteiger partial charge in [-0.1, -0.05) is 326 Å². The van der Waals surface area contributed by atoms with Crippen molar-refractivity contribution in [2.45, 2.75) is 347 Å². The predicted octanol–water partition coefficient (Wildman–Crippen LogP) is 21.8. The van der Waals surface area contributed by atoms with Crippen molar-refractivity contribution in [2.24, 2.45) is 0 Å². The van der Waals surface area contributed by atoms with Crippen molar-refractivity contribution in [1.29, 1.82) is 0 Å². The second-order valence-electron chi connectivity index (χ2n) is 24.9. The summed E-state index contributed by atoms with van der Waals surface area (Å²) in [5.41, 5.74) is 0. The first-order valence-corrected chi connectivity index (χ1v) is 36.3. The minimum Gasteiger partial charge on any atom is -0.756 e. The van der Waals surface area contributed by atoms with Gasteiger partial charge in [0.25, 0.3) is 7.82 Å². The van der Waals surface area contributed by atoms with Gasteiger partial charge in [-0.2, -0.15) is 0 Å². The molecule has 0 aliphatic heterocycles. The summed E-state index contributed by atoms with van der Waals surface area (Å²) >= 11 is 0. The van der Waals surface area contributed by atoms with Crippen LogP contribution >= 0.6 is 7.82 Å². The highest BCUT2D eigenvalue weighted by molar-refractivity contribution is 7.45. The molecule has 9 nitrogen and oxygen atoms in total. The van der Waals surface area contributed by atoms with Crippen LogP contribution in [0, 0.1) is 0 Å². The number of rotatable bonds is 65. The molecule has 0 aliphatic rings. The van der Waals surface area contributed by atoms with Crippen molar-refractivity contribution in [3.05, 3.63) is 48.6 Å². The van der Waals surface area contributed by atoms with Crippen molar-refractivity contribution in [3.8, 4) is 0 Å². The Balaban J connectivity index is 3.97. The fourth-order valence-corrected chi connectivity index (χ4v) is 11.0. The Morgan fingerprint density at radius 1 is 0.395 bits per heavy atom. The van der Waals surface area contributed by atoms with Gasteiger partial charge in [-0.3, -0.25) is 14.2 Å². The molecular formula is C71H134NO8P. The maximum absolute atomic E-state index is 12.8. The zero-order valence-corrected chi connectivity index (χ0v) is 55.1. The summed E-state index contributed by atoms with van der Waals surface area (Å²) in [5.74, 6) is -0.823. The van der Waals surface area contributed by atoms with E-state index < -0.39 is 26.5 Å². The van der Waals surface area contributed by atoms with Gasteiger partial charge in [-0.05, 0) is 51.4 Å². The minimum atomic E-state index is -4.64. The molecular weight excluding hydrogens is 1030 g/mol. The molecule has 0 saturated heterocycles. The van der Waals surface area contributed by atoms with Crippen molar-refractivity contribution < 1.29 is 42.1 Å². The molecule has 81 heavy (non-hydrogen) atoms. The van der Waals surface area contributed by atoms with Gasteiger partial charge in [-0.25, -0.2) is 0 Å². The third kappa shape index (κ3) is 67.0. The average Bonchev–Trinajstić information content (AvgIpc) is 3.43. The average molecular weight is 1160 g/mol. The van der Waals surface area contributed by atoms with Crippen molar-refractivity contribution in [2.75, 3.05) is 47.5 Å². The maximum Gasteiger partial charge on any atom is 0.306 e. The van der Waals surface area contributed by atoms with Crippen LogP contribution in [-0.4, -0.2) is 70.0 Å². The van der Waals surface area contributed by atoms with Crippen LogP contribution in [0.3, 0.4) is 0 Å². The summed E-state index contributed by atoms with van der Waals surface area (Å²) < 4.78 is 34.3. The van der Waals surface area contributed by atoms with Crippen LogP contribution < -0.4 is 4.89 Å². The molecule has 0 saturated carbocycles. The molecule has 0 spiro atoms. The highest BCUT2D eigenvalue weighted by atomic mass is 31.2. The van der Waals surface area contributed by atoms with E-state index in [1.807, 2.05) is 21.1 Å². The van der Waals surface area contributed by atoms with E-state index in [0.717, 1.165) is 70.6 Å². The number of quaternary nitrogens is 1. The number of allylic oxidation sites excluding steroid dienone is 8. The van der Waals surface area contributed by atoms with E-state index in [1.165, 1.54) is 238 Å². The van der Waals surface area contributed by atoms with Crippen molar-refractivity contribution in [3.63, 3.8) is 0 Å². The molecule has 0 aromatic heterocycles. The minimum absolute atomic E-state index is 0.0310. The van der Waals surface area contributed by atoms with E-state index in [4.69, 9.17) is 18.5 Å². The first-order valence-electron chi connectivity index (χ1n) is 34.8. The van der Waals surface area contributed by atoms with E-state index in [1.54, 1.807) is 0 Å². The van der Waals surface area contributed by atoms with Crippen LogP contribution in [0.1, 0.15) is 341 Å². The number of hydrogen-bond donors (Lipinski definition) is 0. The monoisotopic (exact) mass is 1160 g/mol. The zero-order chi connectivity index (χ0) is 59.1. The highest BCUT2D eigenvalue weighted by Crippen LogP contribution is 2.38. The zero-order valence-electron chi connectivity index (χ0n) is 54.2. The summed E-state index contributed by atoms with van der Waals surface area (Å²) in [4.78, 5) is 38.0. The first-order chi connectivity index (χ1) is 39.5. The number of likely N-dealkylation sites (N-methyl/N-ethyl adjacent to an activating group) is 1. The van der Waals surface area contributed by atoms with Crippen LogP contribution in [0.25, 0.3) is 0 Å². The molecule has 10 heteroatoms. The molecule has 0 bridgehead atoms. The van der Waals surface area contributed by atoms with Gasteiger partial charge in [0.15, 0.2) is 6.10 Å². The lowest BCUT2D eigenvalue weighted by Gasteiger charge is -2.28. The number of carbonyl (C=O) groups is 2. The molecule has 0 aromatic carbocycles. The standard InChI is InChI=1S/C71H134NO8P/c1-6-8-10-12-14-16-18-20-22-24-26-28-30-31-32-33-34-35-36-37-38-39-40-42-43-45-47-49-51-53-55-57-59-61-63-70(73)77-67-69(68-79-81(75,76)78-66-65-72(3,4)5)80-71(74)64-62-60-58-56-54-52-50-48-46-44-41-29-27-25-23-21-19-17-15-13-11-9-7-2/h9,11,15,17,21,23,27,29,69H,6-8,10,12-14,16,18-20,22,24-26,28,30-68H2,1-5H3/b11-9-,17-15-,23-21-,29-27-. The third-order valence-corrected chi connectivity index (χ3v) is 16.6. The van der Waals surface area contributed by atoms with Crippen LogP contribution in [0.4, 0.5) is 0 Å². The summed E-state index contributed by atoms with van der Waals surface area (Å²) in [5, 5.41) is 0. The molecule has 0 aromatic rings. The number of phosphoric acid groups is 1. The fourth-order valence-electron chi connectivity index (χ4n) is 10.3. The summed E-state index contributed by atoms with van der Waals surface area (Å²) in [6, 6.07) is 0. The van der Waals surface area contributed by atoms with Gasteiger partial charge in [-0.15, -0.1) is 0 Å². The van der Waals surface area contributed by atoms with E-state index >= 15 is 0 Å². The Morgan fingerprint density at radius 3 is 1.05 bits per heavy atom. The van der Waals surface area contributed by atoms with E-state index in [2.05, 4.69) is 62.5 Å². The van der Waals surface area contributed by atoms with Gasteiger partial charge in [0.05, 0.1) is 27.7 Å². The molecule has 0 N–H and O–H groups in total. The lowest BCUT2D eigenvalue weighted by molar-refractivity contribution is -0.870. The second-order valence-corrected chi connectivity index (χ2v) is 26.3. The number of esters is 2. The molecule has 0 amide bonds. The fraction of sp³-hybridized carbons (Fsp3) is 0.859. The predicted molar refractivity (Wildman–Crippen MR) is 347 cm³/mol. The van der Waals surface area contributed by atoms with E-state index in [0.29, 0.717) is 17.4 Å². The summed E-state index contributed by atoms with van der Waals surface area (Å²) in [6.45, 7) is 4.18. The number of phosphoric ester groups is 1. The smallest absolute Gasteiger partial charge is 0.306 e. The molecule has 0 aliphatic carbocycles. The lowest BCUT2D eigenvalue weighted by Crippen LogP contribution is -2.37. The van der Waals surface area contributed by atoms with Gasteiger partial charge in [0, 0.05) is 12.8 Å². The largest absolute Gasteiger partial charge is 0.756 e. The van der Waals surface area contributed by atoms with Crippen LogP contribution in [0.5, 0.6) is 0 Å². The van der Waals surface area contributed by atoms with Crippen molar-refractivity contribution >= 4 is 19.8 Å². The Hall–Kier alpha value is -2.03. The van der Waals surface area contributed by atoms with Crippen LogP contribution in [-0.2, 0) is 32.7 Å². The normalized spacial score (nSPS) is 13.4. The van der Waals surface area contributed by atoms with Crippen LogP contribution in [0.2, 0.25) is 0 Å². The highest BCUT2D eigenvalue weighted by Gasteiger charge is 2.22. The van der Waals surface area contributed by atoms with Gasteiger partial charge < -0.3 is 27.9 Å². The van der Waals surface area contributed by atoms with Crippen LogP contribution in [0.15, 0.2) is 48.6 Å². The number of unbranched alkanes of at least 4 members (excludes halogenated alkanes) is 43. The third-order valence-electron chi connectivity index (χ3n) is 15.6. The number of ether oxygens (including phenoxy) is 2. The Morgan fingerprint density at radius 2 is 0.704 bits per heavy atom. The van der Waals surface area contributed by atoms with Gasteiger partial charge in [0.2, 0.25) is 0 Å². The Bertz CT molecular complexity index is 1510. The van der Waals surface area contributed by atoms with Crippen molar-refractivity contribution in [1.82, 2.24) is 0 Å². The summed E-state index contributed by atoms with van der Waals surface area (Å²) in [6.07, 6.45) is 80.6.